The Balaban J connectivity index is 2.06. The molecule has 0 atom stereocenters. The van der Waals surface area contributed by atoms with Crippen molar-refractivity contribution in [1.82, 2.24) is 10.2 Å². The van der Waals surface area contributed by atoms with Gasteiger partial charge >= 0.3 is 6.09 Å². The molecule has 0 saturated carbocycles. The Hall–Kier alpha value is -1.95. The van der Waals surface area contributed by atoms with Crippen LogP contribution in [0.25, 0.3) is 0 Å². The molecule has 23 heavy (non-hydrogen) atoms. The van der Waals surface area contributed by atoms with Crippen LogP contribution in [0.1, 0.15) is 27.7 Å². The molecule has 2 rings (SSSR count). The SMILES string of the molecule is CCN1CCN(c2ccc(N)c(OC(=O)NC(C)(C)C)c2)CC1. The van der Waals surface area contributed by atoms with Gasteiger partial charge in [-0.3, -0.25) is 0 Å². The molecule has 0 bridgehead atoms. The van der Waals surface area contributed by atoms with Crippen LogP contribution in [0.15, 0.2) is 18.2 Å². The van der Waals surface area contributed by atoms with E-state index in [0.29, 0.717) is 11.4 Å². The molecule has 1 aliphatic heterocycles. The van der Waals surface area contributed by atoms with E-state index in [0.717, 1.165) is 38.4 Å². The summed E-state index contributed by atoms with van der Waals surface area (Å²) in [6.07, 6.45) is -0.489. The number of carbonyl (C=O) groups excluding carboxylic acids is 1. The molecule has 0 aliphatic carbocycles. The van der Waals surface area contributed by atoms with E-state index in [2.05, 4.69) is 22.0 Å². The van der Waals surface area contributed by atoms with E-state index in [1.807, 2.05) is 32.9 Å². The van der Waals surface area contributed by atoms with E-state index >= 15 is 0 Å². The van der Waals surface area contributed by atoms with E-state index in [1.54, 1.807) is 6.07 Å². The number of nitrogens with zero attached hydrogens (tertiary/aromatic N) is 2. The maximum atomic E-state index is 11.9. The first-order valence-corrected chi connectivity index (χ1v) is 8.15. The number of anilines is 2. The highest BCUT2D eigenvalue weighted by Crippen LogP contribution is 2.28. The van der Waals surface area contributed by atoms with Crippen LogP contribution in [0, 0.1) is 0 Å². The summed E-state index contributed by atoms with van der Waals surface area (Å²) in [5.41, 5.74) is 7.09. The maximum Gasteiger partial charge on any atom is 0.413 e. The average molecular weight is 320 g/mol. The van der Waals surface area contributed by atoms with Gasteiger partial charge in [0.25, 0.3) is 0 Å². The molecule has 1 heterocycles. The topological polar surface area (TPSA) is 70.8 Å². The fraction of sp³-hybridized carbons (Fsp3) is 0.588. The van der Waals surface area contributed by atoms with Crippen molar-refractivity contribution in [2.24, 2.45) is 0 Å². The van der Waals surface area contributed by atoms with Crippen LogP contribution in [0.4, 0.5) is 16.2 Å². The van der Waals surface area contributed by atoms with E-state index < -0.39 is 6.09 Å². The number of piperazine rings is 1. The Morgan fingerprint density at radius 2 is 1.91 bits per heavy atom. The van der Waals surface area contributed by atoms with Crippen LogP contribution in [0.5, 0.6) is 5.75 Å². The molecule has 6 heteroatoms. The van der Waals surface area contributed by atoms with Gasteiger partial charge in [0.15, 0.2) is 5.75 Å². The molecule has 0 spiro atoms. The Bertz CT molecular complexity index is 546. The lowest BCUT2D eigenvalue weighted by atomic mass is 10.1. The van der Waals surface area contributed by atoms with Crippen LogP contribution < -0.4 is 20.7 Å². The zero-order valence-corrected chi connectivity index (χ0v) is 14.6. The van der Waals surface area contributed by atoms with E-state index in [9.17, 15) is 4.79 Å². The molecule has 1 amide bonds. The molecule has 3 N–H and O–H groups in total. The standard InChI is InChI=1S/C17H28N4O2/c1-5-20-8-10-21(11-9-20)13-6-7-14(18)15(12-13)23-16(22)19-17(2,3)4/h6-7,12H,5,8-11,18H2,1-4H3,(H,19,22). The summed E-state index contributed by atoms with van der Waals surface area (Å²) in [5, 5.41) is 2.77. The van der Waals surface area contributed by atoms with E-state index in [-0.39, 0.29) is 5.54 Å². The minimum Gasteiger partial charge on any atom is -0.408 e. The van der Waals surface area contributed by atoms with Crippen LogP contribution in [0.2, 0.25) is 0 Å². The summed E-state index contributed by atoms with van der Waals surface area (Å²) in [7, 11) is 0. The van der Waals surface area contributed by atoms with E-state index in [4.69, 9.17) is 10.5 Å². The number of carbonyl (C=O) groups is 1. The molecule has 0 radical (unpaired) electrons. The minimum absolute atomic E-state index is 0.347. The number of nitrogens with one attached hydrogen (secondary N) is 1. The average Bonchev–Trinajstić information content (AvgIpc) is 2.48. The largest absolute Gasteiger partial charge is 0.413 e. The van der Waals surface area contributed by atoms with Gasteiger partial charge in [-0.25, -0.2) is 4.79 Å². The zero-order valence-electron chi connectivity index (χ0n) is 14.6. The molecule has 0 unspecified atom stereocenters. The van der Waals surface area contributed by atoms with Crippen molar-refractivity contribution >= 4 is 17.5 Å². The summed E-state index contributed by atoms with van der Waals surface area (Å²) in [4.78, 5) is 16.7. The van der Waals surface area contributed by atoms with Crippen LogP contribution >= 0.6 is 0 Å². The number of hydrogen-bond donors (Lipinski definition) is 2. The molecule has 128 valence electrons. The molecular formula is C17H28N4O2. The van der Waals surface area contributed by atoms with Crippen molar-refractivity contribution in [2.45, 2.75) is 33.2 Å². The molecule has 1 aromatic rings. The van der Waals surface area contributed by atoms with Gasteiger partial charge in [-0.15, -0.1) is 0 Å². The zero-order chi connectivity index (χ0) is 17.0. The number of ether oxygens (including phenoxy) is 1. The third kappa shape index (κ3) is 5.03. The predicted molar refractivity (Wildman–Crippen MR) is 94.1 cm³/mol. The monoisotopic (exact) mass is 320 g/mol. The number of likely N-dealkylation sites (N-methyl/N-ethyl adjacent to an activating group) is 1. The van der Waals surface area contributed by atoms with Gasteiger partial charge < -0.3 is 25.6 Å². The third-order valence-corrected chi connectivity index (χ3v) is 3.86. The predicted octanol–water partition coefficient (Wildman–Crippen LogP) is 2.30. The normalized spacial score (nSPS) is 16.3. The molecule has 0 aromatic heterocycles. The number of benzene rings is 1. The first-order chi connectivity index (χ1) is 10.8. The highest BCUT2D eigenvalue weighted by atomic mass is 16.6. The summed E-state index contributed by atoms with van der Waals surface area (Å²) < 4.78 is 5.38. The smallest absolute Gasteiger partial charge is 0.408 e. The van der Waals surface area contributed by atoms with Gasteiger partial charge in [-0.2, -0.15) is 0 Å². The molecule has 1 aliphatic rings. The van der Waals surface area contributed by atoms with Gasteiger partial charge in [-0.05, 0) is 39.4 Å². The molecule has 6 nitrogen and oxygen atoms in total. The highest BCUT2D eigenvalue weighted by Gasteiger charge is 2.19. The first kappa shape index (κ1) is 17.4. The van der Waals surface area contributed by atoms with Crippen molar-refractivity contribution < 1.29 is 9.53 Å². The number of nitrogens with two attached hydrogens (primary N) is 1. The first-order valence-electron chi connectivity index (χ1n) is 8.15. The number of nitrogen functional groups attached to an aromatic ring is 1. The van der Waals surface area contributed by atoms with Crippen LogP contribution in [0.3, 0.4) is 0 Å². The molecular weight excluding hydrogens is 292 g/mol. The Morgan fingerprint density at radius 1 is 1.26 bits per heavy atom. The Labute approximate surface area is 138 Å². The lowest BCUT2D eigenvalue weighted by molar-refractivity contribution is 0.191. The summed E-state index contributed by atoms with van der Waals surface area (Å²) in [6, 6.07) is 5.62. The quantitative estimate of drug-likeness (QED) is 0.836. The fourth-order valence-corrected chi connectivity index (χ4v) is 2.56. The highest BCUT2D eigenvalue weighted by molar-refractivity contribution is 5.75. The van der Waals surface area contributed by atoms with Crippen molar-refractivity contribution in [1.29, 1.82) is 0 Å². The fourth-order valence-electron chi connectivity index (χ4n) is 2.56. The Morgan fingerprint density at radius 3 is 2.48 bits per heavy atom. The third-order valence-electron chi connectivity index (χ3n) is 3.86. The van der Waals surface area contributed by atoms with Crippen molar-refractivity contribution in [2.75, 3.05) is 43.4 Å². The number of hydrogen-bond acceptors (Lipinski definition) is 5. The second kappa shape index (κ2) is 7.08. The summed E-state index contributed by atoms with van der Waals surface area (Å²) in [5.74, 6) is 0.405. The lowest BCUT2D eigenvalue weighted by Gasteiger charge is -2.35. The maximum absolute atomic E-state index is 11.9. The van der Waals surface area contributed by atoms with Crippen molar-refractivity contribution in [3.05, 3.63) is 18.2 Å². The number of amides is 1. The Kier molecular flexibility index (Phi) is 5.36. The number of rotatable bonds is 3. The van der Waals surface area contributed by atoms with E-state index in [1.165, 1.54) is 0 Å². The van der Waals surface area contributed by atoms with Gasteiger partial charge in [0.1, 0.15) is 0 Å². The van der Waals surface area contributed by atoms with Crippen LogP contribution in [-0.2, 0) is 0 Å². The van der Waals surface area contributed by atoms with Crippen molar-refractivity contribution in [3.63, 3.8) is 0 Å². The molecule has 1 fully saturated rings. The lowest BCUT2D eigenvalue weighted by Crippen LogP contribution is -2.46. The van der Waals surface area contributed by atoms with Gasteiger partial charge in [0.2, 0.25) is 0 Å². The van der Waals surface area contributed by atoms with Gasteiger partial charge in [-0.1, -0.05) is 6.92 Å². The van der Waals surface area contributed by atoms with Gasteiger partial charge in [0.05, 0.1) is 5.69 Å². The second-order valence-electron chi connectivity index (χ2n) is 6.91. The minimum atomic E-state index is -0.489. The van der Waals surface area contributed by atoms with Gasteiger partial charge in [0, 0.05) is 43.5 Å². The molecule has 1 aromatic carbocycles. The summed E-state index contributed by atoms with van der Waals surface area (Å²) in [6.45, 7) is 13.0. The summed E-state index contributed by atoms with van der Waals surface area (Å²) >= 11 is 0. The molecule has 1 saturated heterocycles. The van der Waals surface area contributed by atoms with Crippen molar-refractivity contribution in [3.8, 4) is 5.75 Å². The second-order valence-corrected chi connectivity index (χ2v) is 6.91. The van der Waals surface area contributed by atoms with Crippen LogP contribution in [-0.4, -0.2) is 49.3 Å².